The fourth-order valence-corrected chi connectivity index (χ4v) is 4.35. The van der Waals surface area contributed by atoms with Crippen LogP contribution in [0, 0.1) is 19.1 Å². The first-order valence-electron chi connectivity index (χ1n) is 10.5. The molecule has 0 aliphatic heterocycles. The summed E-state index contributed by atoms with van der Waals surface area (Å²) in [6, 6.07) is 32.5. The van der Waals surface area contributed by atoms with Crippen LogP contribution in [0.3, 0.4) is 0 Å². The first-order chi connectivity index (χ1) is 15.8. The van der Waals surface area contributed by atoms with Gasteiger partial charge in [-0.3, -0.25) is 0 Å². The van der Waals surface area contributed by atoms with Gasteiger partial charge in [0.1, 0.15) is 5.58 Å². The first kappa shape index (κ1) is 21.3. The maximum atomic E-state index is 5.94. The number of aryl methyl sites for hydroxylation is 1. The van der Waals surface area contributed by atoms with Crippen molar-refractivity contribution in [3.63, 3.8) is 0 Å². The number of rotatable bonds is 1. The van der Waals surface area contributed by atoms with Crippen LogP contribution in [-0.2, 0) is 20.1 Å². The molecule has 33 heavy (non-hydrogen) atoms. The van der Waals surface area contributed by atoms with Crippen molar-refractivity contribution in [1.29, 1.82) is 0 Å². The van der Waals surface area contributed by atoms with Gasteiger partial charge in [-0.05, 0) is 45.6 Å². The number of nitrogens with zero attached hydrogens (tertiary/aromatic N) is 2. The fraction of sp³-hybridized carbons (Fsp3) is 0.0345. The molecule has 3 aromatic heterocycles. The zero-order chi connectivity index (χ0) is 21.5. The molecule has 0 atom stereocenters. The number of furan rings is 1. The minimum atomic E-state index is 0. The van der Waals surface area contributed by atoms with Gasteiger partial charge in [0.05, 0.1) is 5.58 Å². The van der Waals surface area contributed by atoms with E-state index in [-0.39, 0.29) is 20.1 Å². The van der Waals surface area contributed by atoms with Gasteiger partial charge in [0.25, 0.3) is 0 Å². The van der Waals surface area contributed by atoms with Gasteiger partial charge < -0.3 is 14.4 Å². The Kier molecular flexibility index (Phi) is 5.63. The van der Waals surface area contributed by atoms with Crippen LogP contribution in [0.2, 0.25) is 0 Å². The van der Waals surface area contributed by atoms with Gasteiger partial charge in [0.15, 0.2) is 0 Å². The normalized spacial score (nSPS) is 10.9. The minimum absolute atomic E-state index is 0. The smallest absolute Gasteiger partial charge is 0.124 e. The van der Waals surface area contributed by atoms with Crippen molar-refractivity contribution >= 4 is 43.6 Å². The Hall–Kier alpha value is -3.59. The molecule has 4 aromatic carbocycles. The van der Waals surface area contributed by atoms with Crippen LogP contribution >= 0.6 is 0 Å². The first-order valence-corrected chi connectivity index (χ1v) is 10.5. The molecule has 0 amide bonds. The fourth-order valence-electron chi connectivity index (χ4n) is 4.35. The van der Waals surface area contributed by atoms with E-state index in [0.717, 1.165) is 44.1 Å². The van der Waals surface area contributed by atoms with Crippen LogP contribution < -0.4 is 0 Å². The SMILES string of the molecule is Cc1ccc[c-]c1-c1ccccn1.[Ir].[c-]1ccc2oc3cccc4c5cccnc5c1c2c34. The molecule has 1 radical (unpaired) electrons. The van der Waals surface area contributed by atoms with Crippen molar-refractivity contribution in [2.24, 2.45) is 0 Å². The zero-order valence-electron chi connectivity index (χ0n) is 17.8. The number of aromatic nitrogens is 2. The average molecular weight is 603 g/mol. The quantitative estimate of drug-likeness (QED) is 0.145. The van der Waals surface area contributed by atoms with E-state index in [1.807, 2.05) is 66.9 Å². The Bertz CT molecular complexity index is 1600. The van der Waals surface area contributed by atoms with Crippen LogP contribution in [0.25, 0.3) is 54.9 Å². The second kappa shape index (κ2) is 8.74. The predicted molar refractivity (Wildman–Crippen MR) is 130 cm³/mol. The van der Waals surface area contributed by atoms with Crippen LogP contribution in [0.1, 0.15) is 5.56 Å². The third kappa shape index (κ3) is 3.58. The van der Waals surface area contributed by atoms with E-state index in [4.69, 9.17) is 4.42 Å². The predicted octanol–water partition coefficient (Wildman–Crippen LogP) is 7.38. The summed E-state index contributed by atoms with van der Waals surface area (Å²) in [5.41, 5.74) is 6.12. The monoisotopic (exact) mass is 603 g/mol. The largest absolute Gasteiger partial charge is 0.476 e. The van der Waals surface area contributed by atoms with Crippen molar-refractivity contribution in [2.75, 3.05) is 0 Å². The molecule has 0 aliphatic carbocycles. The summed E-state index contributed by atoms with van der Waals surface area (Å²) in [6.07, 6.45) is 3.63. The molecule has 3 nitrogen and oxygen atoms in total. The Morgan fingerprint density at radius 2 is 1.55 bits per heavy atom. The van der Waals surface area contributed by atoms with Gasteiger partial charge in [-0.1, -0.05) is 48.7 Å². The standard InChI is InChI=1S/C17H8NO.C12H10N.Ir/c1-4-10-11-6-3-9-18-17(11)12-5-2-8-14-16(12)15(10)13(7-1)19-14;1-10-6-2-3-7-11(10)12-8-4-5-9-13-12;/h1-4,6-9H;2-6,8-9H,1H3;/q2*-1;. The molecule has 0 saturated heterocycles. The molecule has 0 bridgehead atoms. The molecule has 7 aromatic rings. The van der Waals surface area contributed by atoms with E-state index in [1.165, 1.54) is 16.3 Å². The maximum Gasteiger partial charge on any atom is 0.124 e. The number of benzene rings is 4. The van der Waals surface area contributed by atoms with Gasteiger partial charge in [-0.2, -0.15) is 0 Å². The molecule has 0 unspecified atom stereocenters. The zero-order valence-corrected chi connectivity index (χ0v) is 20.2. The minimum Gasteiger partial charge on any atom is -0.476 e. The van der Waals surface area contributed by atoms with E-state index in [2.05, 4.69) is 47.2 Å². The van der Waals surface area contributed by atoms with Gasteiger partial charge in [-0.25, -0.2) is 0 Å². The van der Waals surface area contributed by atoms with Crippen molar-refractivity contribution in [3.05, 3.63) is 109 Å². The summed E-state index contributed by atoms with van der Waals surface area (Å²) < 4.78 is 5.94. The van der Waals surface area contributed by atoms with E-state index < -0.39 is 0 Å². The van der Waals surface area contributed by atoms with E-state index in [1.54, 1.807) is 6.20 Å². The summed E-state index contributed by atoms with van der Waals surface area (Å²) in [5.74, 6) is 0. The number of hydrogen-bond acceptors (Lipinski definition) is 3. The van der Waals surface area contributed by atoms with Crippen molar-refractivity contribution in [2.45, 2.75) is 6.92 Å². The number of fused-ring (bicyclic) bond motifs is 3. The second-order valence-electron chi connectivity index (χ2n) is 7.72. The van der Waals surface area contributed by atoms with Gasteiger partial charge in [-0.15, -0.1) is 52.9 Å². The van der Waals surface area contributed by atoms with Crippen LogP contribution in [0.15, 0.2) is 95.7 Å². The maximum absolute atomic E-state index is 5.94. The van der Waals surface area contributed by atoms with Gasteiger partial charge in [0.2, 0.25) is 0 Å². The summed E-state index contributed by atoms with van der Waals surface area (Å²) >= 11 is 0. The Morgan fingerprint density at radius 3 is 2.39 bits per heavy atom. The molecule has 0 N–H and O–H groups in total. The van der Waals surface area contributed by atoms with Crippen molar-refractivity contribution in [3.8, 4) is 11.3 Å². The van der Waals surface area contributed by atoms with Crippen LogP contribution in [-0.4, -0.2) is 9.97 Å². The molecule has 4 heteroatoms. The second-order valence-corrected chi connectivity index (χ2v) is 7.72. The van der Waals surface area contributed by atoms with Crippen molar-refractivity contribution in [1.82, 2.24) is 9.97 Å². The van der Waals surface area contributed by atoms with Crippen molar-refractivity contribution < 1.29 is 24.5 Å². The molecule has 161 valence electrons. The van der Waals surface area contributed by atoms with Crippen LogP contribution in [0.5, 0.6) is 0 Å². The van der Waals surface area contributed by atoms with Gasteiger partial charge >= 0.3 is 0 Å². The van der Waals surface area contributed by atoms with Gasteiger partial charge in [0, 0.05) is 32.5 Å². The third-order valence-electron chi connectivity index (χ3n) is 5.78. The third-order valence-corrected chi connectivity index (χ3v) is 5.78. The Morgan fingerprint density at radius 1 is 0.697 bits per heavy atom. The Balaban J connectivity index is 0.000000144. The van der Waals surface area contributed by atoms with E-state index in [9.17, 15) is 0 Å². The molecule has 0 saturated carbocycles. The molecular weight excluding hydrogens is 585 g/mol. The Labute approximate surface area is 204 Å². The summed E-state index contributed by atoms with van der Waals surface area (Å²) in [5, 5.41) is 5.73. The average Bonchev–Trinajstić information content (AvgIpc) is 3.24. The number of hydrogen-bond donors (Lipinski definition) is 0. The molecule has 0 aliphatic rings. The molecule has 7 rings (SSSR count). The number of pyridine rings is 2. The summed E-state index contributed by atoms with van der Waals surface area (Å²) in [7, 11) is 0. The molecule has 3 heterocycles. The molecular formula is C29H18IrN2O-2. The topological polar surface area (TPSA) is 38.9 Å². The van der Waals surface area contributed by atoms with Crippen LogP contribution in [0.4, 0.5) is 0 Å². The summed E-state index contributed by atoms with van der Waals surface area (Å²) in [4.78, 5) is 8.82. The molecule has 0 fully saturated rings. The molecule has 0 spiro atoms. The van der Waals surface area contributed by atoms with E-state index in [0.29, 0.717) is 0 Å². The summed E-state index contributed by atoms with van der Waals surface area (Å²) in [6.45, 7) is 2.07. The van der Waals surface area contributed by atoms with E-state index >= 15 is 0 Å².